The lowest BCUT2D eigenvalue weighted by atomic mass is 10.2. The standard InChI is InChI=1S/C15H30N2O4/c1-6-16-8-7-9-17(14(19)21-15(3,4)5)10-11-20-12(2)13(16)18/h12-13,18H,6-11H2,1-5H3/t12-,13?/m1/s1. The Morgan fingerprint density at radius 3 is 2.57 bits per heavy atom. The summed E-state index contributed by atoms with van der Waals surface area (Å²) in [7, 11) is 0. The second kappa shape index (κ2) is 7.96. The van der Waals surface area contributed by atoms with Crippen LogP contribution in [0.2, 0.25) is 0 Å². The number of aliphatic hydroxyl groups excluding tert-OH is 1. The van der Waals surface area contributed by atoms with Crippen molar-refractivity contribution in [3.63, 3.8) is 0 Å². The van der Waals surface area contributed by atoms with Gasteiger partial charge in [0.2, 0.25) is 0 Å². The molecule has 0 aromatic heterocycles. The Hall–Kier alpha value is -0.850. The van der Waals surface area contributed by atoms with Gasteiger partial charge >= 0.3 is 6.09 Å². The highest BCUT2D eigenvalue weighted by atomic mass is 16.6. The highest BCUT2D eigenvalue weighted by Gasteiger charge is 2.26. The summed E-state index contributed by atoms with van der Waals surface area (Å²) in [5.41, 5.74) is -0.494. The summed E-state index contributed by atoms with van der Waals surface area (Å²) < 4.78 is 11.0. The normalized spacial score (nSPS) is 26.5. The first-order valence-electron chi connectivity index (χ1n) is 7.76. The second-order valence-corrected chi connectivity index (χ2v) is 6.44. The van der Waals surface area contributed by atoms with Crippen molar-refractivity contribution in [2.24, 2.45) is 0 Å². The number of ether oxygens (including phenoxy) is 2. The molecule has 0 spiro atoms. The Morgan fingerprint density at radius 1 is 1.33 bits per heavy atom. The van der Waals surface area contributed by atoms with Crippen LogP contribution in [0.4, 0.5) is 4.79 Å². The van der Waals surface area contributed by atoms with E-state index in [4.69, 9.17) is 9.47 Å². The molecule has 0 aliphatic carbocycles. The molecule has 0 radical (unpaired) electrons. The largest absolute Gasteiger partial charge is 0.444 e. The van der Waals surface area contributed by atoms with E-state index in [9.17, 15) is 9.90 Å². The molecular formula is C15H30N2O4. The van der Waals surface area contributed by atoms with Crippen LogP contribution < -0.4 is 0 Å². The fraction of sp³-hybridized carbons (Fsp3) is 0.933. The van der Waals surface area contributed by atoms with Crippen LogP contribution in [-0.2, 0) is 9.47 Å². The van der Waals surface area contributed by atoms with E-state index in [1.165, 1.54) is 0 Å². The number of carbonyl (C=O) groups is 1. The van der Waals surface area contributed by atoms with Gasteiger partial charge in [0.25, 0.3) is 0 Å². The van der Waals surface area contributed by atoms with Crippen molar-refractivity contribution in [3.05, 3.63) is 0 Å². The molecule has 1 amide bonds. The molecule has 0 saturated carbocycles. The van der Waals surface area contributed by atoms with Gasteiger partial charge in [0, 0.05) is 19.6 Å². The topological polar surface area (TPSA) is 62.2 Å². The van der Waals surface area contributed by atoms with Crippen molar-refractivity contribution in [1.29, 1.82) is 0 Å². The predicted octanol–water partition coefficient (Wildman–Crippen LogP) is 1.67. The van der Waals surface area contributed by atoms with Crippen molar-refractivity contribution in [1.82, 2.24) is 9.80 Å². The molecule has 0 aromatic carbocycles. The minimum Gasteiger partial charge on any atom is -0.444 e. The number of aliphatic hydroxyl groups is 1. The van der Waals surface area contributed by atoms with Crippen molar-refractivity contribution in [3.8, 4) is 0 Å². The summed E-state index contributed by atoms with van der Waals surface area (Å²) in [5.74, 6) is 0. The average molecular weight is 302 g/mol. The fourth-order valence-corrected chi connectivity index (χ4v) is 2.29. The quantitative estimate of drug-likeness (QED) is 0.798. The van der Waals surface area contributed by atoms with Crippen LogP contribution >= 0.6 is 0 Å². The molecule has 1 unspecified atom stereocenters. The monoisotopic (exact) mass is 302 g/mol. The molecule has 1 heterocycles. The summed E-state index contributed by atoms with van der Waals surface area (Å²) >= 11 is 0. The van der Waals surface area contributed by atoms with Crippen LogP contribution in [0.25, 0.3) is 0 Å². The van der Waals surface area contributed by atoms with E-state index in [2.05, 4.69) is 0 Å². The Bertz CT molecular complexity index is 330. The molecule has 1 saturated heterocycles. The molecule has 1 aliphatic heterocycles. The SMILES string of the molecule is CCN1CCCN(C(=O)OC(C)(C)C)CCO[C@H](C)C1O. The molecule has 1 N–H and O–H groups in total. The molecular weight excluding hydrogens is 272 g/mol. The van der Waals surface area contributed by atoms with Gasteiger partial charge in [0.15, 0.2) is 0 Å². The number of hydrogen-bond acceptors (Lipinski definition) is 5. The maximum atomic E-state index is 12.2. The van der Waals surface area contributed by atoms with Crippen LogP contribution in [0, 0.1) is 0 Å². The molecule has 6 heteroatoms. The van der Waals surface area contributed by atoms with E-state index >= 15 is 0 Å². The van der Waals surface area contributed by atoms with Crippen molar-refractivity contribution < 1.29 is 19.4 Å². The molecule has 0 bridgehead atoms. The third-order valence-corrected chi connectivity index (χ3v) is 3.47. The summed E-state index contributed by atoms with van der Waals surface area (Å²) in [6.07, 6.45) is -0.369. The average Bonchev–Trinajstić information content (AvgIpc) is 2.38. The third-order valence-electron chi connectivity index (χ3n) is 3.47. The zero-order valence-electron chi connectivity index (χ0n) is 14.0. The van der Waals surface area contributed by atoms with E-state index in [1.54, 1.807) is 4.90 Å². The Morgan fingerprint density at radius 2 is 2.00 bits per heavy atom. The summed E-state index contributed by atoms with van der Waals surface area (Å²) in [5, 5.41) is 10.2. The zero-order valence-corrected chi connectivity index (χ0v) is 14.0. The molecule has 124 valence electrons. The minimum atomic E-state index is -0.594. The number of carbonyl (C=O) groups excluding carboxylic acids is 1. The van der Waals surface area contributed by atoms with Gasteiger partial charge in [-0.25, -0.2) is 4.79 Å². The molecule has 0 aromatic rings. The summed E-state index contributed by atoms with van der Waals surface area (Å²) in [4.78, 5) is 15.8. The smallest absolute Gasteiger partial charge is 0.410 e. The van der Waals surface area contributed by atoms with E-state index in [0.717, 1.165) is 19.5 Å². The Kier molecular flexibility index (Phi) is 6.90. The molecule has 21 heavy (non-hydrogen) atoms. The lowest BCUT2D eigenvalue weighted by molar-refractivity contribution is -0.109. The first-order valence-corrected chi connectivity index (χ1v) is 7.76. The second-order valence-electron chi connectivity index (χ2n) is 6.44. The van der Waals surface area contributed by atoms with Crippen LogP contribution in [0.3, 0.4) is 0 Å². The van der Waals surface area contributed by atoms with E-state index in [-0.39, 0.29) is 12.2 Å². The first-order chi connectivity index (χ1) is 9.74. The highest BCUT2D eigenvalue weighted by molar-refractivity contribution is 5.68. The van der Waals surface area contributed by atoms with Gasteiger partial charge < -0.3 is 19.5 Å². The van der Waals surface area contributed by atoms with Gasteiger partial charge in [-0.15, -0.1) is 0 Å². The molecule has 1 fully saturated rings. The lowest BCUT2D eigenvalue weighted by Gasteiger charge is -2.34. The van der Waals surface area contributed by atoms with Crippen LogP contribution in [0.1, 0.15) is 41.0 Å². The van der Waals surface area contributed by atoms with Crippen molar-refractivity contribution >= 4 is 6.09 Å². The maximum absolute atomic E-state index is 12.2. The summed E-state index contributed by atoms with van der Waals surface area (Å²) in [6.45, 7) is 12.4. The van der Waals surface area contributed by atoms with E-state index in [0.29, 0.717) is 19.7 Å². The fourth-order valence-electron chi connectivity index (χ4n) is 2.29. The molecule has 1 aliphatic rings. The Labute approximate surface area is 128 Å². The van der Waals surface area contributed by atoms with Gasteiger partial charge in [0.1, 0.15) is 11.8 Å². The van der Waals surface area contributed by atoms with Gasteiger partial charge in [0.05, 0.1) is 12.7 Å². The molecule has 2 atom stereocenters. The number of hydrogen-bond donors (Lipinski definition) is 1. The molecule has 1 rings (SSSR count). The zero-order chi connectivity index (χ0) is 16.0. The minimum absolute atomic E-state index is 0.275. The predicted molar refractivity (Wildman–Crippen MR) is 81.1 cm³/mol. The van der Waals surface area contributed by atoms with Gasteiger partial charge in [-0.05, 0) is 40.7 Å². The lowest BCUT2D eigenvalue weighted by Crippen LogP contribution is -2.47. The third kappa shape index (κ3) is 6.20. The van der Waals surface area contributed by atoms with Crippen LogP contribution in [-0.4, -0.2) is 71.7 Å². The highest BCUT2D eigenvalue weighted by Crippen LogP contribution is 2.13. The maximum Gasteiger partial charge on any atom is 0.410 e. The number of nitrogens with zero attached hydrogens (tertiary/aromatic N) is 2. The van der Waals surface area contributed by atoms with E-state index in [1.807, 2.05) is 39.5 Å². The van der Waals surface area contributed by atoms with Gasteiger partial charge in [-0.3, -0.25) is 4.90 Å². The van der Waals surface area contributed by atoms with Gasteiger partial charge in [-0.1, -0.05) is 6.92 Å². The molecule has 6 nitrogen and oxygen atoms in total. The number of likely N-dealkylation sites (N-methyl/N-ethyl adjacent to an activating group) is 1. The summed E-state index contributed by atoms with van der Waals surface area (Å²) in [6, 6.07) is 0. The van der Waals surface area contributed by atoms with Gasteiger partial charge in [-0.2, -0.15) is 0 Å². The number of amides is 1. The van der Waals surface area contributed by atoms with Crippen molar-refractivity contribution in [2.45, 2.75) is 59.0 Å². The first kappa shape index (κ1) is 18.2. The number of rotatable bonds is 1. The van der Waals surface area contributed by atoms with Crippen LogP contribution in [0.15, 0.2) is 0 Å². The van der Waals surface area contributed by atoms with E-state index < -0.39 is 11.8 Å². The Balaban J connectivity index is 2.64. The van der Waals surface area contributed by atoms with Crippen LogP contribution in [0.5, 0.6) is 0 Å². The van der Waals surface area contributed by atoms with Crippen molar-refractivity contribution in [2.75, 3.05) is 32.8 Å².